The van der Waals surface area contributed by atoms with Gasteiger partial charge in [0.15, 0.2) is 5.58 Å². The van der Waals surface area contributed by atoms with E-state index in [-0.39, 0.29) is 0 Å². The second-order valence-corrected chi connectivity index (χ2v) is 11.4. The van der Waals surface area contributed by atoms with Crippen LogP contribution in [0.3, 0.4) is 0 Å². The van der Waals surface area contributed by atoms with Crippen molar-refractivity contribution in [2.45, 2.75) is 0 Å². The molecule has 0 saturated heterocycles. The minimum absolute atomic E-state index is 0.903. The molecular weight excluding hydrogens is 548 g/mol. The predicted octanol–water partition coefficient (Wildman–Crippen LogP) is 11.8. The van der Waals surface area contributed by atoms with Crippen LogP contribution < -0.4 is 4.90 Å². The van der Waals surface area contributed by atoms with E-state index < -0.39 is 0 Å². The van der Waals surface area contributed by atoms with Crippen molar-refractivity contribution in [3.63, 3.8) is 0 Å². The monoisotopic (exact) mass is 576 g/mol. The van der Waals surface area contributed by atoms with Crippen LogP contribution in [-0.2, 0) is 0 Å². The zero-order valence-electron chi connectivity index (χ0n) is 24.5. The molecule has 0 aliphatic heterocycles. The summed E-state index contributed by atoms with van der Waals surface area (Å²) in [6.45, 7) is 0. The lowest BCUT2D eigenvalue weighted by Gasteiger charge is -2.26. The van der Waals surface area contributed by atoms with Crippen LogP contribution in [0.25, 0.3) is 60.6 Å². The van der Waals surface area contributed by atoms with E-state index in [1.54, 1.807) is 0 Å². The first-order chi connectivity index (χ1) is 22.3. The van der Waals surface area contributed by atoms with Gasteiger partial charge in [0.1, 0.15) is 5.58 Å². The molecule has 7 aromatic carbocycles. The van der Waals surface area contributed by atoms with Gasteiger partial charge in [-0.3, -0.25) is 0 Å². The Kier molecular flexibility index (Phi) is 5.82. The van der Waals surface area contributed by atoms with Crippen LogP contribution in [0.1, 0.15) is 0 Å². The minimum Gasteiger partial charge on any atom is -0.454 e. The smallest absolute Gasteiger partial charge is 0.159 e. The third-order valence-corrected chi connectivity index (χ3v) is 8.76. The summed E-state index contributed by atoms with van der Waals surface area (Å²) in [5, 5.41) is 4.69. The zero-order valence-corrected chi connectivity index (χ0v) is 24.5. The molecule has 0 spiro atoms. The van der Waals surface area contributed by atoms with E-state index in [0.29, 0.717) is 0 Å². The van der Waals surface area contributed by atoms with E-state index in [4.69, 9.17) is 4.42 Å². The molecule has 212 valence electrons. The highest BCUT2D eigenvalue weighted by Gasteiger charge is 2.18. The normalized spacial score (nSPS) is 11.6. The average molecular weight is 577 g/mol. The van der Waals surface area contributed by atoms with Crippen molar-refractivity contribution >= 4 is 60.8 Å². The molecule has 2 aromatic heterocycles. The third-order valence-electron chi connectivity index (χ3n) is 8.76. The Morgan fingerprint density at radius 1 is 0.400 bits per heavy atom. The third kappa shape index (κ3) is 4.13. The second kappa shape index (κ2) is 10.3. The molecule has 9 rings (SSSR count). The van der Waals surface area contributed by atoms with Gasteiger partial charge in [0, 0.05) is 38.6 Å². The first-order valence-electron chi connectivity index (χ1n) is 15.3. The Hall–Kier alpha value is -6.06. The summed E-state index contributed by atoms with van der Waals surface area (Å²) in [5.41, 5.74) is 10.9. The number of anilines is 3. The number of benzene rings is 7. The van der Waals surface area contributed by atoms with Crippen LogP contribution in [0.5, 0.6) is 0 Å². The number of rotatable bonds is 5. The Morgan fingerprint density at radius 2 is 1.00 bits per heavy atom. The molecule has 0 amide bonds. The van der Waals surface area contributed by atoms with Crippen molar-refractivity contribution in [3.05, 3.63) is 170 Å². The van der Waals surface area contributed by atoms with Gasteiger partial charge in [-0.25, -0.2) is 0 Å². The molecule has 45 heavy (non-hydrogen) atoms. The maximum absolute atomic E-state index is 6.48. The van der Waals surface area contributed by atoms with Crippen molar-refractivity contribution in [2.24, 2.45) is 0 Å². The quantitative estimate of drug-likeness (QED) is 0.203. The van der Waals surface area contributed by atoms with E-state index in [2.05, 4.69) is 167 Å². The van der Waals surface area contributed by atoms with E-state index >= 15 is 0 Å². The molecule has 0 aliphatic rings. The van der Waals surface area contributed by atoms with Gasteiger partial charge >= 0.3 is 0 Å². The molecular formula is C42H28N2O. The number of furan rings is 1. The molecule has 0 bridgehead atoms. The zero-order chi connectivity index (χ0) is 29.7. The Bertz CT molecular complexity index is 2450. The van der Waals surface area contributed by atoms with E-state index in [9.17, 15) is 0 Å². The fraction of sp³-hybridized carbons (Fsp3) is 0. The van der Waals surface area contributed by atoms with Gasteiger partial charge in [-0.2, -0.15) is 0 Å². The van der Waals surface area contributed by atoms with Crippen LogP contribution in [0.4, 0.5) is 17.1 Å². The van der Waals surface area contributed by atoms with Crippen molar-refractivity contribution in [2.75, 3.05) is 4.90 Å². The van der Waals surface area contributed by atoms with Crippen LogP contribution in [0.2, 0.25) is 0 Å². The number of fused-ring (bicyclic) bond motifs is 6. The summed E-state index contributed by atoms with van der Waals surface area (Å²) in [6, 6.07) is 60.1. The maximum atomic E-state index is 6.48. The van der Waals surface area contributed by atoms with Gasteiger partial charge in [0.25, 0.3) is 0 Å². The number of nitrogens with zero attached hydrogens (tertiary/aromatic N) is 2. The fourth-order valence-electron chi connectivity index (χ4n) is 6.75. The van der Waals surface area contributed by atoms with Crippen LogP contribution >= 0.6 is 0 Å². The van der Waals surface area contributed by atoms with Gasteiger partial charge in [0.2, 0.25) is 0 Å². The number of aromatic nitrogens is 1. The number of hydrogen-bond acceptors (Lipinski definition) is 2. The first kappa shape index (κ1) is 25.4. The molecule has 3 nitrogen and oxygen atoms in total. The topological polar surface area (TPSA) is 21.3 Å². The molecule has 2 heterocycles. The minimum atomic E-state index is 0.903. The van der Waals surface area contributed by atoms with Crippen molar-refractivity contribution < 1.29 is 4.42 Å². The lowest BCUT2D eigenvalue weighted by Crippen LogP contribution is -2.09. The maximum Gasteiger partial charge on any atom is 0.159 e. The highest BCUT2D eigenvalue weighted by Crippen LogP contribution is 2.40. The highest BCUT2D eigenvalue weighted by molar-refractivity contribution is 6.13. The Labute approximate surface area is 260 Å². The summed E-state index contributed by atoms with van der Waals surface area (Å²) in [7, 11) is 0. The molecule has 0 fully saturated rings. The highest BCUT2D eigenvalue weighted by atomic mass is 16.3. The summed E-state index contributed by atoms with van der Waals surface area (Å²) in [4.78, 5) is 2.31. The van der Waals surface area contributed by atoms with Crippen LogP contribution in [0, 0.1) is 0 Å². The summed E-state index contributed by atoms with van der Waals surface area (Å²) >= 11 is 0. The van der Waals surface area contributed by atoms with Crippen LogP contribution in [0.15, 0.2) is 174 Å². The first-order valence-corrected chi connectivity index (χ1v) is 15.3. The van der Waals surface area contributed by atoms with Crippen LogP contribution in [-0.4, -0.2) is 4.57 Å². The Morgan fingerprint density at radius 3 is 1.80 bits per heavy atom. The predicted molar refractivity (Wildman–Crippen MR) is 188 cm³/mol. The molecule has 0 saturated carbocycles. The van der Waals surface area contributed by atoms with Crippen molar-refractivity contribution in [1.82, 2.24) is 4.57 Å². The van der Waals surface area contributed by atoms with Gasteiger partial charge in [0.05, 0.1) is 16.7 Å². The largest absolute Gasteiger partial charge is 0.454 e. The van der Waals surface area contributed by atoms with Gasteiger partial charge in [-0.05, 0) is 77.9 Å². The van der Waals surface area contributed by atoms with Crippen molar-refractivity contribution in [1.29, 1.82) is 0 Å². The average Bonchev–Trinajstić information content (AvgIpc) is 3.65. The lowest BCUT2D eigenvalue weighted by atomic mass is 10.0. The van der Waals surface area contributed by atoms with E-state index in [1.165, 1.54) is 21.9 Å². The molecule has 0 atom stereocenters. The molecule has 0 unspecified atom stereocenters. The lowest BCUT2D eigenvalue weighted by molar-refractivity contribution is 0.666. The SMILES string of the molecule is c1ccc(N(c2ccccc2)c2cccc(-c3ccc4c(c3)c3ccccc3n4-c3cccc4c3oc3ccccc34)c2)cc1. The molecule has 9 aromatic rings. The van der Waals surface area contributed by atoms with Gasteiger partial charge in [-0.1, -0.05) is 103 Å². The summed E-state index contributed by atoms with van der Waals surface area (Å²) < 4.78 is 8.83. The second-order valence-electron chi connectivity index (χ2n) is 11.4. The van der Waals surface area contributed by atoms with Gasteiger partial charge in [-0.15, -0.1) is 0 Å². The summed E-state index contributed by atoms with van der Waals surface area (Å²) in [6.07, 6.45) is 0. The standard InChI is InChI=1S/C42H28N2O/c1-3-14-31(15-4-1)43(32-16-5-2-6-17-32)33-18-11-13-29(27-33)30-25-26-39-37(28-30)34-19-7-9-22-38(34)44(39)40-23-12-21-36-35-20-8-10-24-41(35)45-42(36)40/h1-28H. The molecule has 0 radical (unpaired) electrons. The van der Waals surface area contributed by atoms with E-state index in [1.807, 2.05) is 12.1 Å². The molecule has 0 aliphatic carbocycles. The summed E-state index contributed by atoms with van der Waals surface area (Å²) in [5.74, 6) is 0. The van der Waals surface area contributed by atoms with Crippen molar-refractivity contribution in [3.8, 4) is 16.8 Å². The van der Waals surface area contributed by atoms with Gasteiger partial charge < -0.3 is 13.9 Å². The number of hydrogen-bond donors (Lipinski definition) is 0. The van der Waals surface area contributed by atoms with E-state index in [0.717, 1.165) is 55.7 Å². The fourth-order valence-corrected chi connectivity index (χ4v) is 6.75. The number of para-hydroxylation sites is 5. The molecule has 0 N–H and O–H groups in total. The Balaban J connectivity index is 1.22. The molecule has 3 heteroatoms.